The second-order valence-electron chi connectivity index (χ2n) is 6.49. The van der Waals surface area contributed by atoms with Crippen molar-refractivity contribution in [3.05, 3.63) is 53.1 Å². The lowest BCUT2D eigenvalue weighted by atomic mass is 10.1. The minimum atomic E-state index is -1.01. The van der Waals surface area contributed by atoms with Gasteiger partial charge in [0.25, 0.3) is 0 Å². The van der Waals surface area contributed by atoms with Gasteiger partial charge in [0.2, 0.25) is 0 Å². The monoisotopic (exact) mass is 354 g/mol. The van der Waals surface area contributed by atoms with Crippen LogP contribution < -0.4 is 4.74 Å². The van der Waals surface area contributed by atoms with Crippen LogP contribution >= 0.6 is 0 Å². The molecule has 0 saturated carbocycles. The average Bonchev–Trinajstić information content (AvgIpc) is 3.13. The second-order valence-corrected chi connectivity index (χ2v) is 6.49. The summed E-state index contributed by atoms with van der Waals surface area (Å²) >= 11 is 0. The first-order valence-corrected chi connectivity index (χ1v) is 8.65. The molecule has 0 bridgehead atoms. The van der Waals surface area contributed by atoms with Crippen molar-refractivity contribution in [1.82, 2.24) is 9.97 Å². The van der Waals surface area contributed by atoms with Gasteiger partial charge < -0.3 is 14.6 Å². The Hall–Kier alpha value is -2.73. The van der Waals surface area contributed by atoms with Gasteiger partial charge in [-0.15, -0.1) is 0 Å². The molecule has 1 fully saturated rings. The lowest BCUT2D eigenvalue weighted by molar-refractivity contribution is 0.0694. The maximum atomic E-state index is 11.3. The van der Waals surface area contributed by atoms with Crippen molar-refractivity contribution in [2.75, 3.05) is 13.2 Å². The molecule has 0 aliphatic carbocycles. The zero-order valence-corrected chi connectivity index (χ0v) is 14.9. The Kier molecular flexibility index (Phi) is 5.63. The summed E-state index contributed by atoms with van der Waals surface area (Å²) in [4.78, 5) is 19.8. The maximum Gasteiger partial charge on any atom is 0.339 e. The van der Waals surface area contributed by atoms with Crippen molar-refractivity contribution in [2.24, 2.45) is 0 Å². The summed E-state index contributed by atoms with van der Waals surface area (Å²) in [5.41, 5.74) is 1.67. The van der Waals surface area contributed by atoms with Crippen LogP contribution in [0.4, 0.5) is 0 Å². The minimum Gasteiger partial charge on any atom is -0.488 e. The normalized spacial score (nSPS) is 17.1. The summed E-state index contributed by atoms with van der Waals surface area (Å²) in [5, 5.41) is 9.22. The number of carboxylic acids is 1. The van der Waals surface area contributed by atoms with Gasteiger partial charge in [-0.3, -0.25) is 0 Å². The predicted octanol–water partition coefficient (Wildman–Crippen LogP) is 3.64. The summed E-state index contributed by atoms with van der Waals surface area (Å²) < 4.78 is 11.1. The van der Waals surface area contributed by atoms with Crippen molar-refractivity contribution in [3.63, 3.8) is 0 Å². The summed E-state index contributed by atoms with van der Waals surface area (Å²) in [7, 11) is 0. The first-order valence-electron chi connectivity index (χ1n) is 8.65. The molecule has 6 heteroatoms. The van der Waals surface area contributed by atoms with Gasteiger partial charge >= 0.3 is 5.97 Å². The third-order valence-electron chi connectivity index (χ3n) is 4.11. The number of benzene rings is 1. The van der Waals surface area contributed by atoms with Gasteiger partial charge in [-0.25, -0.2) is 14.8 Å². The quantitative estimate of drug-likeness (QED) is 0.853. The minimum absolute atomic E-state index is 0.00671. The Morgan fingerprint density at radius 3 is 2.69 bits per heavy atom. The molecule has 6 nitrogen and oxygen atoms in total. The number of nitrogens with zero attached hydrogens (tertiary/aromatic N) is 2. The van der Waals surface area contributed by atoms with E-state index in [2.05, 4.69) is 9.97 Å². The van der Waals surface area contributed by atoms with Crippen molar-refractivity contribution >= 4 is 18.1 Å². The standard InChI is InChI=1S/C20H22N2O4/c1-13(2)19-17(20(23)24)11-21-18(22-19)8-5-14-3-6-15(7-4-14)26-16-9-10-25-12-16/h3-8,11,13,16H,9-10,12H2,1-2H3,(H,23,24)/b8-5+. The number of carboxylic acid groups (broad SMARTS) is 1. The van der Waals surface area contributed by atoms with Crippen LogP contribution in [0.25, 0.3) is 12.2 Å². The number of aromatic carboxylic acids is 1. The van der Waals surface area contributed by atoms with E-state index in [4.69, 9.17) is 9.47 Å². The number of hydrogen-bond acceptors (Lipinski definition) is 5. The Balaban J connectivity index is 1.71. The lowest BCUT2D eigenvalue weighted by Crippen LogP contribution is -2.15. The molecule has 1 unspecified atom stereocenters. The fourth-order valence-electron chi connectivity index (χ4n) is 2.72. The van der Waals surface area contributed by atoms with Crippen molar-refractivity contribution < 1.29 is 19.4 Å². The Bertz CT molecular complexity index is 794. The van der Waals surface area contributed by atoms with Gasteiger partial charge in [0.15, 0.2) is 5.82 Å². The predicted molar refractivity (Wildman–Crippen MR) is 98.3 cm³/mol. The van der Waals surface area contributed by atoms with E-state index in [1.54, 1.807) is 6.08 Å². The smallest absolute Gasteiger partial charge is 0.339 e. The van der Waals surface area contributed by atoms with E-state index in [-0.39, 0.29) is 17.6 Å². The van der Waals surface area contributed by atoms with Gasteiger partial charge in [0.1, 0.15) is 11.9 Å². The summed E-state index contributed by atoms with van der Waals surface area (Å²) in [6.45, 7) is 5.22. The number of ether oxygens (including phenoxy) is 2. The van der Waals surface area contributed by atoms with E-state index in [0.717, 1.165) is 24.3 Å². The second kappa shape index (κ2) is 8.10. The van der Waals surface area contributed by atoms with Gasteiger partial charge in [0.05, 0.1) is 24.5 Å². The van der Waals surface area contributed by atoms with Crippen LogP contribution in [0.1, 0.15) is 53.6 Å². The van der Waals surface area contributed by atoms with Crippen LogP contribution in [0.15, 0.2) is 30.5 Å². The van der Waals surface area contributed by atoms with E-state index in [0.29, 0.717) is 18.1 Å². The van der Waals surface area contributed by atoms with Crippen LogP contribution in [0.2, 0.25) is 0 Å². The molecule has 26 heavy (non-hydrogen) atoms. The van der Waals surface area contributed by atoms with E-state index >= 15 is 0 Å². The SMILES string of the molecule is CC(C)c1nc(/C=C/c2ccc(OC3CCOC3)cc2)ncc1C(=O)O. The van der Waals surface area contributed by atoms with Crippen LogP contribution in [0, 0.1) is 0 Å². The van der Waals surface area contributed by atoms with E-state index < -0.39 is 5.97 Å². The Morgan fingerprint density at radius 2 is 2.08 bits per heavy atom. The topological polar surface area (TPSA) is 81.5 Å². The summed E-state index contributed by atoms with van der Waals surface area (Å²) in [6.07, 6.45) is 6.08. The van der Waals surface area contributed by atoms with Gasteiger partial charge in [-0.2, -0.15) is 0 Å². The average molecular weight is 354 g/mol. The fraction of sp³-hybridized carbons (Fsp3) is 0.350. The molecule has 2 heterocycles. The van der Waals surface area contributed by atoms with Crippen molar-refractivity contribution in [3.8, 4) is 5.75 Å². The number of rotatable bonds is 6. The first-order chi connectivity index (χ1) is 12.5. The van der Waals surface area contributed by atoms with Gasteiger partial charge in [-0.1, -0.05) is 32.1 Å². The third-order valence-corrected chi connectivity index (χ3v) is 4.11. The molecule has 1 aromatic carbocycles. The highest BCUT2D eigenvalue weighted by molar-refractivity contribution is 5.88. The number of hydrogen-bond donors (Lipinski definition) is 1. The molecule has 1 aliphatic rings. The molecule has 0 amide bonds. The molecule has 0 spiro atoms. The van der Waals surface area contributed by atoms with Crippen molar-refractivity contribution in [1.29, 1.82) is 0 Å². The summed E-state index contributed by atoms with van der Waals surface area (Å²) in [6, 6.07) is 7.76. The molecule has 1 aliphatic heterocycles. The van der Waals surface area contributed by atoms with E-state index in [1.807, 2.05) is 44.2 Å². The van der Waals surface area contributed by atoms with Gasteiger partial charge in [0, 0.05) is 12.6 Å². The zero-order chi connectivity index (χ0) is 18.5. The molecule has 0 radical (unpaired) electrons. The molecule has 3 rings (SSSR count). The largest absolute Gasteiger partial charge is 0.488 e. The fourth-order valence-corrected chi connectivity index (χ4v) is 2.72. The molecular formula is C20H22N2O4. The molecule has 1 aromatic heterocycles. The van der Waals surface area contributed by atoms with Crippen LogP contribution in [0.3, 0.4) is 0 Å². The molecular weight excluding hydrogens is 332 g/mol. The summed E-state index contributed by atoms with van der Waals surface area (Å²) in [5.74, 6) is 0.309. The molecule has 1 atom stereocenters. The van der Waals surface area contributed by atoms with E-state index in [1.165, 1.54) is 6.20 Å². The molecule has 1 N–H and O–H groups in total. The Morgan fingerprint density at radius 1 is 1.31 bits per heavy atom. The highest BCUT2D eigenvalue weighted by Crippen LogP contribution is 2.20. The number of carbonyl (C=O) groups is 1. The lowest BCUT2D eigenvalue weighted by Gasteiger charge is -2.11. The zero-order valence-electron chi connectivity index (χ0n) is 14.9. The third kappa shape index (κ3) is 4.46. The van der Waals surface area contributed by atoms with Crippen LogP contribution in [-0.2, 0) is 4.74 Å². The van der Waals surface area contributed by atoms with Gasteiger partial charge in [-0.05, 0) is 29.7 Å². The van der Waals surface area contributed by atoms with E-state index in [9.17, 15) is 9.90 Å². The molecule has 1 saturated heterocycles. The maximum absolute atomic E-state index is 11.3. The number of aromatic nitrogens is 2. The molecule has 136 valence electrons. The Labute approximate surface area is 152 Å². The highest BCUT2D eigenvalue weighted by Gasteiger charge is 2.17. The van der Waals surface area contributed by atoms with Crippen LogP contribution in [-0.4, -0.2) is 40.4 Å². The molecule has 2 aromatic rings. The van der Waals surface area contributed by atoms with Crippen molar-refractivity contribution in [2.45, 2.75) is 32.3 Å². The van der Waals surface area contributed by atoms with Crippen LogP contribution in [0.5, 0.6) is 5.75 Å². The first kappa shape index (κ1) is 18.1. The highest BCUT2D eigenvalue weighted by atomic mass is 16.5.